The molecule has 0 radical (unpaired) electrons. The van der Waals surface area contributed by atoms with Gasteiger partial charge in [-0.15, -0.1) is 5.10 Å². The van der Waals surface area contributed by atoms with E-state index in [-0.39, 0.29) is 0 Å². The van der Waals surface area contributed by atoms with Gasteiger partial charge >= 0.3 is 0 Å². The van der Waals surface area contributed by atoms with Crippen LogP contribution in [0.4, 0.5) is 5.00 Å². The minimum atomic E-state index is -0.557. The van der Waals surface area contributed by atoms with Crippen LogP contribution in [0.3, 0.4) is 0 Å². The topological polar surface area (TPSA) is 61.3 Å². The first-order valence-corrected chi connectivity index (χ1v) is 7.38. The fraction of sp³-hybridized carbons (Fsp3) is 0.833. The molecule has 2 N–H and O–H groups in total. The maximum atomic E-state index is 10.1. The van der Waals surface area contributed by atoms with Crippen molar-refractivity contribution >= 4 is 16.5 Å². The summed E-state index contributed by atoms with van der Waals surface area (Å²) < 4.78 is 4.02. The average Bonchev–Trinajstić information content (AvgIpc) is 2.72. The van der Waals surface area contributed by atoms with Crippen molar-refractivity contribution in [2.24, 2.45) is 0 Å². The Kier molecular flexibility index (Phi) is 4.53. The molecule has 0 amide bonds. The standard InChI is InChI=1S/C12H22N4OS/c1-3-6-13-11-10(14-15-18-11)8-16-7-4-5-12(2,17)9-16/h13,17H,3-9H2,1-2H3. The van der Waals surface area contributed by atoms with Crippen LogP contribution in [0.1, 0.15) is 38.8 Å². The van der Waals surface area contributed by atoms with Gasteiger partial charge in [-0.25, -0.2) is 0 Å². The molecule has 1 unspecified atom stereocenters. The van der Waals surface area contributed by atoms with E-state index >= 15 is 0 Å². The van der Waals surface area contributed by atoms with Gasteiger partial charge in [-0.2, -0.15) is 0 Å². The van der Waals surface area contributed by atoms with Crippen molar-refractivity contribution in [1.82, 2.24) is 14.5 Å². The summed E-state index contributed by atoms with van der Waals surface area (Å²) in [6, 6.07) is 0. The molecule has 0 spiro atoms. The van der Waals surface area contributed by atoms with Crippen LogP contribution in [0.2, 0.25) is 0 Å². The molecule has 2 heterocycles. The Morgan fingerprint density at radius 1 is 1.56 bits per heavy atom. The number of aliphatic hydroxyl groups is 1. The van der Waals surface area contributed by atoms with Crippen molar-refractivity contribution in [3.8, 4) is 0 Å². The summed E-state index contributed by atoms with van der Waals surface area (Å²) in [6.07, 6.45) is 3.03. The van der Waals surface area contributed by atoms with Gasteiger partial charge in [-0.3, -0.25) is 4.90 Å². The van der Waals surface area contributed by atoms with Crippen LogP contribution < -0.4 is 5.32 Å². The summed E-state index contributed by atoms with van der Waals surface area (Å²) in [5.41, 5.74) is 0.449. The molecular formula is C12H22N4OS. The van der Waals surface area contributed by atoms with Crippen LogP contribution in [0.15, 0.2) is 0 Å². The van der Waals surface area contributed by atoms with Crippen LogP contribution >= 0.6 is 11.5 Å². The van der Waals surface area contributed by atoms with Gasteiger partial charge in [-0.1, -0.05) is 11.4 Å². The fourth-order valence-corrected chi connectivity index (χ4v) is 2.95. The molecule has 1 saturated heterocycles. The smallest absolute Gasteiger partial charge is 0.134 e. The highest BCUT2D eigenvalue weighted by molar-refractivity contribution is 7.10. The number of β-amino-alcohol motifs (C(OH)–C–C–N with tert-alkyl or cyclic N) is 1. The highest BCUT2D eigenvalue weighted by Crippen LogP contribution is 2.24. The van der Waals surface area contributed by atoms with Gasteiger partial charge in [0.25, 0.3) is 0 Å². The third-order valence-electron chi connectivity index (χ3n) is 3.22. The van der Waals surface area contributed by atoms with Gasteiger partial charge in [0.1, 0.15) is 10.7 Å². The first kappa shape index (κ1) is 13.7. The number of likely N-dealkylation sites (tertiary alicyclic amines) is 1. The average molecular weight is 270 g/mol. The molecular weight excluding hydrogens is 248 g/mol. The van der Waals surface area contributed by atoms with Crippen LogP contribution in [0, 0.1) is 0 Å². The SMILES string of the molecule is CCCNc1snnc1CN1CCCC(C)(O)C1. The number of nitrogens with zero attached hydrogens (tertiary/aromatic N) is 3. The molecule has 1 aromatic heterocycles. The summed E-state index contributed by atoms with van der Waals surface area (Å²) in [5.74, 6) is 0. The number of nitrogens with one attached hydrogen (secondary N) is 1. The molecule has 102 valence electrons. The van der Waals surface area contributed by atoms with Gasteiger partial charge in [0.15, 0.2) is 0 Å². The Balaban J connectivity index is 1.94. The molecule has 5 nitrogen and oxygen atoms in total. The summed E-state index contributed by atoms with van der Waals surface area (Å²) >= 11 is 1.42. The second-order valence-electron chi connectivity index (χ2n) is 5.29. The minimum absolute atomic E-state index is 0.557. The van der Waals surface area contributed by atoms with Crippen molar-refractivity contribution in [2.45, 2.75) is 45.3 Å². The second kappa shape index (κ2) is 5.95. The van der Waals surface area contributed by atoms with E-state index in [1.807, 2.05) is 6.92 Å². The number of rotatable bonds is 5. The van der Waals surface area contributed by atoms with Crippen LogP contribution in [-0.2, 0) is 6.54 Å². The highest BCUT2D eigenvalue weighted by atomic mass is 32.1. The molecule has 18 heavy (non-hydrogen) atoms. The third-order valence-corrected chi connectivity index (χ3v) is 3.94. The Labute approximate surface area is 112 Å². The van der Waals surface area contributed by atoms with E-state index in [4.69, 9.17) is 0 Å². The van der Waals surface area contributed by atoms with E-state index in [1.165, 1.54) is 11.5 Å². The molecule has 2 rings (SSSR count). The Hall–Kier alpha value is -0.720. The van der Waals surface area contributed by atoms with E-state index in [2.05, 4.69) is 26.7 Å². The van der Waals surface area contributed by atoms with E-state index in [1.54, 1.807) is 0 Å². The molecule has 1 aromatic rings. The molecule has 0 aromatic carbocycles. The molecule has 0 bridgehead atoms. The zero-order chi connectivity index (χ0) is 13.0. The maximum Gasteiger partial charge on any atom is 0.134 e. The zero-order valence-electron chi connectivity index (χ0n) is 11.1. The van der Waals surface area contributed by atoms with Crippen LogP contribution in [0.25, 0.3) is 0 Å². The second-order valence-corrected chi connectivity index (χ2v) is 6.04. The van der Waals surface area contributed by atoms with Crippen molar-refractivity contribution in [1.29, 1.82) is 0 Å². The normalized spacial score (nSPS) is 25.3. The number of aromatic nitrogens is 2. The first-order valence-electron chi connectivity index (χ1n) is 6.60. The van der Waals surface area contributed by atoms with E-state index in [9.17, 15) is 5.11 Å². The lowest BCUT2D eigenvalue weighted by Crippen LogP contribution is -2.45. The van der Waals surface area contributed by atoms with Gasteiger partial charge in [-0.05, 0) is 32.7 Å². The molecule has 1 aliphatic heterocycles. The van der Waals surface area contributed by atoms with Crippen molar-refractivity contribution in [3.05, 3.63) is 5.69 Å². The number of hydrogen-bond donors (Lipinski definition) is 2. The molecule has 1 atom stereocenters. The largest absolute Gasteiger partial charge is 0.389 e. The zero-order valence-corrected chi connectivity index (χ0v) is 12.0. The van der Waals surface area contributed by atoms with Crippen molar-refractivity contribution in [3.63, 3.8) is 0 Å². The first-order chi connectivity index (χ1) is 8.61. The van der Waals surface area contributed by atoms with Crippen LogP contribution in [0.5, 0.6) is 0 Å². The Morgan fingerprint density at radius 3 is 3.11 bits per heavy atom. The lowest BCUT2D eigenvalue weighted by atomic mass is 9.95. The fourth-order valence-electron chi connectivity index (χ4n) is 2.35. The van der Waals surface area contributed by atoms with Crippen LogP contribution in [-0.4, -0.2) is 44.8 Å². The molecule has 1 aliphatic rings. The number of anilines is 1. The Bertz CT molecular complexity index is 380. The summed E-state index contributed by atoms with van der Waals surface area (Å²) in [7, 11) is 0. The minimum Gasteiger partial charge on any atom is -0.389 e. The highest BCUT2D eigenvalue weighted by Gasteiger charge is 2.29. The van der Waals surface area contributed by atoms with Gasteiger partial charge in [0.05, 0.1) is 5.60 Å². The van der Waals surface area contributed by atoms with E-state index < -0.39 is 5.60 Å². The molecule has 1 fully saturated rings. The van der Waals surface area contributed by atoms with E-state index in [0.29, 0.717) is 0 Å². The predicted octanol–water partition coefficient (Wildman–Crippen LogP) is 1.71. The third kappa shape index (κ3) is 3.63. The van der Waals surface area contributed by atoms with Gasteiger partial charge < -0.3 is 10.4 Å². The summed E-state index contributed by atoms with van der Waals surface area (Å²) in [5, 5.41) is 18.7. The van der Waals surface area contributed by atoms with Gasteiger partial charge in [0, 0.05) is 31.2 Å². The molecule has 0 aliphatic carbocycles. The molecule has 0 saturated carbocycles. The quantitative estimate of drug-likeness (QED) is 0.853. The summed E-state index contributed by atoms with van der Waals surface area (Å²) in [6.45, 7) is 7.53. The lowest BCUT2D eigenvalue weighted by Gasteiger charge is -2.36. The van der Waals surface area contributed by atoms with Crippen molar-refractivity contribution < 1.29 is 5.11 Å². The van der Waals surface area contributed by atoms with Gasteiger partial charge in [0.2, 0.25) is 0 Å². The molecule has 6 heteroatoms. The Morgan fingerprint density at radius 2 is 2.39 bits per heavy atom. The van der Waals surface area contributed by atoms with E-state index in [0.717, 1.165) is 56.1 Å². The monoisotopic (exact) mass is 270 g/mol. The predicted molar refractivity (Wildman–Crippen MR) is 73.8 cm³/mol. The number of piperidine rings is 1. The lowest BCUT2D eigenvalue weighted by molar-refractivity contribution is -0.0184. The summed E-state index contributed by atoms with van der Waals surface area (Å²) in [4.78, 5) is 2.26. The maximum absolute atomic E-state index is 10.1. The number of hydrogen-bond acceptors (Lipinski definition) is 6. The van der Waals surface area contributed by atoms with Crippen molar-refractivity contribution in [2.75, 3.05) is 25.0 Å².